The Bertz CT molecular complexity index is 1050. The lowest BCUT2D eigenvalue weighted by Gasteiger charge is -2.38. The molecule has 0 radical (unpaired) electrons. The highest BCUT2D eigenvalue weighted by Gasteiger charge is 2.41. The lowest BCUT2D eigenvalue weighted by atomic mass is 10.1. The first-order valence-electron chi connectivity index (χ1n) is 10.9. The van der Waals surface area contributed by atoms with Crippen molar-refractivity contribution in [2.24, 2.45) is 0 Å². The van der Waals surface area contributed by atoms with Gasteiger partial charge < -0.3 is 14.8 Å². The van der Waals surface area contributed by atoms with E-state index in [2.05, 4.69) is 43.0 Å². The Labute approximate surface area is 175 Å². The number of aryl methyl sites for hydroxylation is 1. The zero-order valence-electron chi connectivity index (χ0n) is 17.4. The first kappa shape index (κ1) is 19.3. The van der Waals surface area contributed by atoms with Crippen molar-refractivity contribution in [3.8, 4) is 0 Å². The van der Waals surface area contributed by atoms with Gasteiger partial charge in [0, 0.05) is 63.6 Å². The minimum absolute atomic E-state index is 0.0225. The van der Waals surface area contributed by atoms with Crippen molar-refractivity contribution >= 4 is 11.0 Å². The van der Waals surface area contributed by atoms with Crippen LogP contribution in [0.3, 0.4) is 0 Å². The number of nitrogens with zero attached hydrogens (tertiary/aromatic N) is 4. The molecule has 3 aliphatic rings. The number of halogens is 1. The van der Waals surface area contributed by atoms with Crippen LogP contribution >= 0.6 is 0 Å². The molecule has 30 heavy (non-hydrogen) atoms. The molecule has 6 nitrogen and oxygen atoms in total. The maximum atomic E-state index is 13.4. The predicted molar refractivity (Wildman–Crippen MR) is 116 cm³/mol. The van der Waals surface area contributed by atoms with Crippen molar-refractivity contribution < 1.29 is 4.39 Å². The molecule has 2 aliphatic heterocycles. The fourth-order valence-corrected chi connectivity index (χ4v) is 4.41. The largest absolute Gasteiger partial charge is 0.368 e. The Morgan fingerprint density at radius 2 is 2.03 bits per heavy atom. The molecular weight excluding hydrogens is 381 g/mol. The molecule has 5 rings (SSSR count). The number of nitrogens with one attached hydrogen (secondary N) is 1. The Morgan fingerprint density at radius 1 is 1.23 bits per heavy atom. The third-order valence-corrected chi connectivity index (χ3v) is 6.36. The van der Waals surface area contributed by atoms with E-state index in [1.165, 1.54) is 5.70 Å². The molecule has 2 fully saturated rings. The second-order valence-electron chi connectivity index (χ2n) is 8.49. The zero-order valence-corrected chi connectivity index (χ0v) is 17.4. The number of hydrogen-bond acceptors (Lipinski definition) is 5. The highest BCUT2D eigenvalue weighted by molar-refractivity contribution is 5.74. The summed E-state index contributed by atoms with van der Waals surface area (Å²) in [5.41, 5.74) is 4.69. The number of H-pyrrole nitrogens is 1. The highest BCUT2D eigenvalue weighted by Crippen LogP contribution is 2.33. The fourth-order valence-electron chi connectivity index (χ4n) is 4.41. The normalized spacial score (nSPS) is 24.4. The topological polar surface area (TPSA) is 55.5 Å². The van der Waals surface area contributed by atoms with Crippen molar-refractivity contribution in [3.05, 3.63) is 63.9 Å². The van der Waals surface area contributed by atoms with Crippen LogP contribution in [0.15, 0.2) is 47.2 Å². The summed E-state index contributed by atoms with van der Waals surface area (Å²) in [6.07, 6.45) is 9.06. The monoisotopic (exact) mass is 409 g/mol. The molecule has 0 aromatic carbocycles. The number of allylic oxidation sites excluding steroid dienone is 1. The van der Waals surface area contributed by atoms with Crippen LogP contribution in [-0.2, 0) is 13.0 Å². The van der Waals surface area contributed by atoms with Gasteiger partial charge in [0.1, 0.15) is 6.17 Å². The molecule has 2 aromatic rings. The van der Waals surface area contributed by atoms with Crippen LogP contribution in [0.5, 0.6) is 0 Å². The lowest BCUT2D eigenvalue weighted by Crippen LogP contribution is -2.45. The van der Waals surface area contributed by atoms with Gasteiger partial charge in [0.2, 0.25) is 0 Å². The van der Waals surface area contributed by atoms with Crippen LogP contribution in [0.2, 0.25) is 0 Å². The van der Waals surface area contributed by atoms with E-state index >= 15 is 0 Å². The van der Waals surface area contributed by atoms with E-state index in [1.807, 2.05) is 25.3 Å². The molecule has 0 amide bonds. The SMILES string of the molecule is CCc1cc2ncc(CN3CCN(C4=CN([C@@H]5C[C@@H]5F)CC=C4)CC3)cc2[nH]c1=O. The number of alkyl halides is 1. The molecule has 7 heteroatoms. The zero-order chi connectivity index (χ0) is 20.7. The summed E-state index contributed by atoms with van der Waals surface area (Å²) in [5, 5.41) is 0. The van der Waals surface area contributed by atoms with Crippen LogP contribution in [0.4, 0.5) is 4.39 Å². The first-order valence-corrected chi connectivity index (χ1v) is 10.9. The molecule has 0 spiro atoms. The number of pyridine rings is 2. The molecule has 1 saturated carbocycles. The van der Waals surface area contributed by atoms with Crippen LogP contribution in [0.1, 0.15) is 24.5 Å². The Morgan fingerprint density at radius 3 is 2.77 bits per heavy atom. The molecule has 2 aromatic heterocycles. The van der Waals surface area contributed by atoms with Gasteiger partial charge in [-0.3, -0.25) is 14.7 Å². The van der Waals surface area contributed by atoms with Crippen LogP contribution in [0, 0.1) is 0 Å². The van der Waals surface area contributed by atoms with Gasteiger partial charge in [-0.05, 0) is 30.2 Å². The summed E-state index contributed by atoms with van der Waals surface area (Å²) in [5.74, 6) is 0. The van der Waals surface area contributed by atoms with Gasteiger partial charge in [0.25, 0.3) is 5.56 Å². The van der Waals surface area contributed by atoms with Gasteiger partial charge in [-0.2, -0.15) is 0 Å². The summed E-state index contributed by atoms with van der Waals surface area (Å²) in [6.45, 7) is 7.43. The van der Waals surface area contributed by atoms with Crippen molar-refractivity contribution in [2.45, 2.75) is 38.5 Å². The molecular formula is C23H28FN5O. The van der Waals surface area contributed by atoms with Crippen LogP contribution < -0.4 is 5.56 Å². The summed E-state index contributed by atoms with van der Waals surface area (Å²) >= 11 is 0. The van der Waals surface area contributed by atoms with Crippen LogP contribution in [0.25, 0.3) is 11.0 Å². The van der Waals surface area contributed by atoms with E-state index in [-0.39, 0.29) is 11.6 Å². The van der Waals surface area contributed by atoms with E-state index in [4.69, 9.17) is 0 Å². The van der Waals surface area contributed by atoms with E-state index < -0.39 is 6.17 Å². The maximum absolute atomic E-state index is 13.4. The summed E-state index contributed by atoms with van der Waals surface area (Å²) < 4.78 is 13.4. The average molecular weight is 410 g/mol. The molecule has 2 atom stereocenters. The maximum Gasteiger partial charge on any atom is 0.251 e. The minimum atomic E-state index is -0.662. The minimum Gasteiger partial charge on any atom is -0.368 e. The quantitative estimate of drug-likeness (QED) is 0.822. The summed E-state index contributed by atoms with van der Waals surface area (Å²) in [4.78, 5) is 26.6. The summed E-state index contributed by atoms with van der Waals surface area (Å²) in [7, 11) is 0. The fraction of sp³-hybridized carbons (Fsp3) is 0.478. The molecule has 158 valence electrons. The van der Waals surface area contributed by atoms with Crippen molar-refractivity contribution in [1.82, 2.24) is 24.7 Å². The van der Waals surface area contributed by atoms with E-state index in [0.29, 0.717) is 12.8 Å². The van der Waals surface area contributed by atoms with Crippen LogP contribution in [-0.4, -0.2) is 69.6 Å². The summed E-state index contributed by atoms with van der Waals surface area (Å²) in [6, 6.07) is 4.01. The second-order valence-corrected chi connectivity index (χ2v) is 8.49. The molecule has 0 bridgehead atoms. The van der Waals surface area contributed by atoms with Gasteiger partial charge in [0.05, 0.1) is 22.8 Å². The number of hydrogen-bond donors (Lipinski definition) is 1. The van der Waals surface area contributed by atoms with E-state index in [1.54, 1.807) is 0 Å². The standard InChI is InChI=1S/C23H28FN5O/c1-2-17-11-20-21(26-23(17)30)10-16(13-25-20)14-27-6-8-28(9-7-27)18-4-3-5-29(15-18)22-12-19(22)24/h3-4,10-11,13,15,19,22H,2,5-9,12,14H2,1H3,(H,26,30)/t19-,22+/m0/s1. The third-order valence-electron chi connectivity index (χ3n) is 6.36. The first-order chi connectivity index (χ1) is 14.6. The van der Waals surface area contributed by atoms with Gasteiger partial charge in [-0.15, -0.1) is 0 Å². The smallest absolute Gasteiger partial charge is 0.251 e. The van der Waals surface area contributed by atoms with Gasteiger partial charge >= 0.3 is 0 Å². The van der Waals surface area contributed by atoms with Crippen molar-refractivity contribution in [3.63, 3.8) is 0 Å². The number of aromatic nitrogens is 2. The Kier molecular flexibility index (Phi) is 5.06. The Hall–Kier alpha value is -2.67. The molecule has 0 unspecified atom stereocenters. The molecule has 1 aliphatic carbocycles. The van der Waals surface area contributed by atoms with E-state index in [9.17, 15) is 9.18 Å². The van der Waals surface area contributed by atoms with Gasteiger partial charge in [0.15, 0.2) is 0 Å². The van der Waals surface area contributed by atoms with Crippen molar-refractivity contribution in [2.75, 3.05) is 32.7 Å². The molecule has 1 N–H and O–H groups in total. The molecule has 4 heterocycles. The predicted octanol–water partition coefficient (Wildman–Crippen LogP) is 2.43. The third kappa shape index (κ3) is 3.86. The average Bonchev–Trinajstić information content (AvgIpc) is 3.50. The highest BCUT2D eigenvalue weighted by atomic mass is 19.1. The second kappa shape index (κ2) is 7.87. The number of rotatable bonds is 5. The lowest BCUT2D eigenvalue weighted by molar-refractivity contribution is 0.152. The van der Waals surface area contributed by atoms with E-state index in [0.717, 1.165) is 61.4 Å². The molecule has 1 saturated heterocycles. The van der Waals surface area contributed by atoms with Crippen molar-refractivity contribution in [1.29, 1.82) is 0 Å². The van der Waals surface area contributed by atoms with Gasteiger partial charge in [-0.25, -0.2) is 4.39 Å². The number of piperazine rings is 1. The Balaban J connectivity index is 1.21. The number of aromatic amines is 1. The number of fused-ring (bicyclic) bond motifs is 1. The van der Waals surface area contributed by atoms with Gasteiger partial charge in [-0.1, -0.05) is 13.0 Å².